The molecule has 1 heterocycles. The van der Waals surface area contributed by atoms with Gasteiger partial charge in [0.15, 0.2) is 0 Å². The van der Waals surface area contributed by atoms with Crippen LogP contribution in [0.3, 0.4) is 0 Å². The van der Waals surface area contributed by atoms with Crippen LogP contribution in [-0.2, 0) is 0 Å². The molecule has 0 unspecified atom stereocenters. The van der Waals surface area contributed by atoms with Crippen LogP contribution in [0.1, 0.15) is 48.7 Å². The van der Waals surface area contributed by atoms with Gasteiger partial charge in [0.2, 0.25) is 0 Å². The quantitative estimate of drug-likeness (QED) is 0.811. The Balaban J connectivity index is 2.26. The molecule has 1 aliphatic rings. The Hall–Kier alpha value is -3.77. The van der Waals surface area contributed by atoms with Crippen LogP contribution in [0.25, 0.3) is 17.2 Å². The summed E-state index contributed by atoms with van der Waals surface area (Å²) < 4.78 is 11.4. The molecule has 1 aromatic carbocycles. The van der Waals surface area contributed by atoms with Gasteiger partial charge in [0.25, 0.3) is 0 Å². The number of hydrogen-bond donors (Lipinski definition) is 1. The maximum Gasteiger partial charge on any atom is 0.142 e. The molecule has 3 rings (SSSR count). The highest BCUT2D eigenvalue weighted by Crippen LogP contribution is 2.45. The third-order valence-electron chi connectivity index (χ3n) is 4.88. The zero-order valence-electron chi connectivity index (χ0n) is 17.0. The summed E-state index contributed by atoms with van der Waals surface area (Å²) in [4.78, 5) is 4.36. The van der Waals surface area contributed by atoms with E-state index in [9.17, 15) is 10.5 Å². The highest BCUT2D eigenvalue weighted by atomic mass is 16.5. The molecule has 0 aliphatic heterocycles. The largest absolute Gasteiger partial charge is 0.494 e. The van der Waals surface area contributed by atoms with E-state index in [-0.39, 0.29) is 5.82 Å². The Morgan fingerprint density at radius 1 is 1.10 bits per heavy atom. The number of nitrogens with two attached hydrogens (primary N) is 1. The van der Waals surface area contributed by atoms with Gasteiger partial charge in [0, 0.05) is 17.2 Å². The van der Waals surface area contributed by atoms with Gasteiger partial charge in [-0.3, -0.25) is 0 Å². The average Bonchev–Trinajstić information content (AvgIpc) is 2.95. The van der Waals surface area contributed by atoms with Crippen LogP contribution in [0, 0.1) is 29.6 Å². The van der Waals surface area contributed by atoms with Gasteiger partial charge in [-0.2, -0.15) is 10.5 Å². The summed E-state index contributed by atoms with van der Waals surface area (Å²) in [5, 5.41) is 19.2. The van der Waals surface area contributed by atoms with E-state index in [1.807, 2.05) is 52.0 Å². The molecule has 0 spiro atoms. The van der Waals surface area contributed by atoms with E-state index in [2.05, 4.69) is 17.1 Å². The highest BCUT2D eigenvalue weighted by molar-refractivity contribution is 6.09. The zero-order chi connectivity index (χ0) is 21.1. The van der Waals surface area contributed by atoms with Crippen molar-refractivity contribution in [1.82, 2.24) is 4.98 Å². The summed E-state index contributed by atoms with van der Waals surface area (Å²) in [5.41, 5.74) is 11.2. The van der Waals surface area contributed by atoms with Crippen LogP contribution >= 0.6 is 0 Å². The van der Waals surface area contributed by atoms with E-state index in [1.165, 1.54) is 0 Å². The standard InChI is InChI=1S/C23H22N4O2/c1-5-28-16-8-7-15(20(10-16)29-6-2)9-17-13(3)18(11-24)22-21(17)14(4)19(12-25)23(26)27-22/h7-10H,5-6H2,1-4H3,(H2,26,27)/b17-9+. The van der Waals surface area contributed by atoms with Crippen molar-refractivity contribution in [3.05, 3.63) is 51.7 Å². The minimum Gasteiger partial charge on any atom is -0.494 e. The molecule has 146 valence electrons. The second-order valence-electron chi connectivity index (χ2n) is 6.57. The van der Waals surface area contributed by atoms with E-state index in [1.54, 1.807) is 0 Å². The monoisotopic (exact) mass is 386 g/mol. The first-order chi connectivity index (χ1) is 14.0. The lowest BCUT2D eigenvalue weighted by Gasteiger charge is -2.13. The molecule has 2 aromatic rings. The summed E-state index contributed by atoms with van der Waals surface area (Å²) in [6, 6.07) is 10.0. The van der Waals surface area contributed by atoms with Gasteiger partial charge in [-0.15, -0.1) is 0 Å². The molecule has 6 nitrogen and oxygen atoms in total. The topological polar surface area (TPSA) is 105 Å². The number of nitrogen functional groups attached to an aromatic ring is 1. The maximum atomic E-state index is 9.69. The Morgan fingerprint density at radius 3 is 2.45 bits per heavy atom. The van der Waals surface area contributed by atoms with Crippen LogP contribution < -0.4 is 15.2 Å². The highest BCUT2D eigenvalue weighted by Gasteiger charge is 2.29. The molecular weight excluding hydrogens is 364 g/mol. The fourth-order valence-electron chi connectivity index (χ4n) is 3.52. The number of benzene rings is 1. The molecule has 1 aliphatic carbocycles. The third kappa shape index (κ3) is 3.41. The molecule has 0 atom stereocenters. The van der Waals surface area contributed by atoms with Crippen molar-refractivity contribution in [2.45, 2.75) is 27.7 Å². The molecule has 0 bridgehead atoms. The van der Waals surface area contributed by atoms with E-state index in [0.29, 0.717) is 35.8 Å². The van der Waals surface area contributed by atoms with Gasteiger partial charge in [-0.1, -0.05) is 0 Å². The van der Waals surface area contributed by atoms with E-state index in [0.717, 1.165) is 33.6 Å². The zero-order valence-corrected chi connectivity index (χ0v) is 17.0. The second-order valence-corrected chi connectivity index (χ2v) is 6.57. The summed E-state index contributed by atoms with van der Waals surface area (Å²) >= 11 is 0. The molecule has 0 saturated heterocycles. The van der Waals surface area contributed by atoms with Crippen molar-refractivity contribution in [2.75, 3.05) is 18.9 Å². The summed E-state index contributed by atoms with van der Waals surface area (Å²) in [5.74, 6) is 1.56. The van der Waals surface area contributed by atoms with E-state index in [4.69, 9.17) is 15.2 Å². The first kappa shape index (κ1) is 20.0. The molecule has 6 heteroatoms. The SMILES string of the molecule is CCOc1ccc(/C=C2\C(C)=C(C#N)c3nc(N)c(C#N)c(C)c32)c(OCC)c1. The van der Waals surface area contributed by atoms with Crippen LogP contribution in [0.5, 0.6) is 11.5 Å². The molecule has 1 aromatic heterocycles. The third-order valence-corrected chi connectivity index (χ3v) is 4.88. The molecule has 0 fully saturated rings. The van der Waals surface area contributed by atoms with Crippen molar-refractivity contribution in [3.63, 3.8) is 0 Å². The lowest BCUT2D eigenvalue weighted by molar-refractivity contribution is 0.322. The van der Waals surface area contributed by atoms with Crippen molar-refractivity contribution in [2.24, 2.45) is 0 Å². The molecule has 0 amide bonds. The number of fused-ring (bicyclic) bond motifs is 1. The minimum absolute atomic E-state index is 0.140. The number of aromatic nitrogens is 1. The Kier molecular flexibility index (Phi) is 5.57. The average molecular weight is 386 g/mol. The van der Waals surface area contributed by atoms with Crippen molar-refractivity contribution < 1.29 is 9.47 Å². The number of nitriles is 2. The smallest absolute Gasteiger partial charge is 0.142 e. The van der Waals surface area contributed by atoms with Gasteiger partial charge in [-0.25, -0.2) is 4.98 Å². The van der Waals surface area contributed by atoms with Crippen LogP contribution in [0.4, 0.5) is 5.82 Å². The van der Waals surface area contributed by atoms with E-state index >= 15 is 0 Å². The van der Waals surface area contributed by atoms with Crippen molar-refractivity contribution in [1.29, 1.82) is 10.5 Å². The van der Waals surface area contributed by atoms with Crippen molar-refractivity contribution in [3.8, 4) is 23.6 Å². The van der Waals surface area contributed by atoms with Gasteiger partial charge < -0.3 is 15.2 Å². The van der Waals surface area contributed by atoms with Crippen LogP contribution in [-0.4, -0.2) is 18.2 Å². The summed E-state index contributed by atoms with van der Waals surface area (Å²) in [6.45, 7) is 8.63. The lowest BCUT2D eigenvalue weighted by atomic mass is 9.95. The molecular formula is C23H22N4O2. The second kappa shape index (κ2) is 8.08. The van der Waals surface area contributed by atoms with Crippen LogP contribution in [0.15, 0.2) is 23.8 Å². The van der Waals surface area contributed by atoms with Crippen molar-refractivity contribution >= 4 is 23.0 Å². The number of hydrogen-bond acceptors (Lipinski definition) is 6. The normalized spacial score (nSPS) is 13.8. The van der Waals surface area contributed by atoms with Gasteiger partial charge in [0.1, 0.15) is 29.5 Å². The minimum atomic E-state index is 0.140. The Morgan fingerprint density at radius 2 is 1.83 bits per heavy atom. The lowest BCUT2D eigenvalue weighted by Crippen LogP contribution is -2.04. The fourth-order valence-corrected chi connectivity index (χ4v) is 3.52. The maximum absolute atomic E-state index is 9.69. The predicted molar refractivity (Wildman–Crippen MR) is 113 cm³/mol. The number of allylic oxidation sites excluding steroid dienone is 3. The first-order valence-corrected chi connectivity index (χ1v) is 9.40. The number of ether oxygens (including phenoxy) is 2. The molecule has 0 saturated carbocycles. The number of nitrogens with zero attached hydrogens (tertiary/aromatic N) is 3. The number of pyridine rings is 1. The molecule has 29 heavy (non-hydrogen) atoms. The Bertz CT molecular complexity index is 1130. The molecule has 0 radical (unpaired) electrons. The van der Waals surface area contributed by atoms with Crippen LogP contribution in [0.2, 0.25) is 0 Å². The molecule has 2 N–H and O–H groups in total. The first-order valence-electron chi connectivity index (χ1n) is 9.40. The van der Waals surface area contributed by atoms with Gasteiger partial charge in [0.05, 0.1) is 30.0 Å². The summed E-state index contributed by atoms with van der Waals surface area (Å²) in [7, 11) is 0. The number of anilines is 1. The van der Waals surface area contributed by atoms with E-state index < -0.39 is 0 Å². The summed E-state index contributed by atoms with van der Waals surface area (Å²) in [6.07, 6.45) is 1.96. The Labute approximate surface area is 170 Å². The predicted octanol–water partition coefficient (Wildman–Crippen LogP) is 4.49. The van der Waals surface area contributed by atoms with Gasteiger partial charge >= 0.3 is 0 Å². The number of rotatable bonds is 5. The van der Waals surface area contributed by atoms with Gasteiger partial charge in [-0.05, 0) is 62.6 Å². The fraction of sp³-hybridized carbons (Fsp3) is 0.261.